The number of nitrogens with zero attached hydrogens (tertiary/aromatic N) is 2. The Morgan fingerprint density at radius 3 is 2.59 bits per heavy atom. The number of ether oxygens (including phenoxy) is 1. The number of ketones is 1. The lowest BCUT2D eigenvalue weighted by Crippen LogP contribution is -2.29. The first-order chi connectivity index (χ1) is 15.3. The highest BCUT2D eigenvalue weighted by atomic mass is 35.5. The molecule has 1 aromatic heterocycles. The van der Waals surface area contributed by atoms with Crippen LogP contribution in [0.3, 0.4) is 0 Å². The number of Topliss-reactive ketones (excluding diaryl/α,β-unsaturated/α-hetero) is 1. The van der Waals surface area contributed by atoms with Crippen LogP contribution in [0.5, 0.6) is 5.75 Å². The maximum atomic E-state index is 14.0. The minimum Gasteiger partial charge on any atom is -0.507 e. The summed E-state index contributed by atoms with van der Waals surface area (Å²) in [5.41, 5.74) is 1.23. The molecule has 2 aromatic carbocycles. The molecular weight excluding hydrogens is 435 g/mol. The fraction of sp³-hybridized carbons (Fsp3) is 0.125. The van der Waals surface area contributed by atoms with Gasteiger partial charge in [0.05, 0.1) is 23.9 Å². The summed E-state index contributed by atoms with van der Waals surface area (Å²) in [5, 5.41) is 11.5. The minimum atomic E-state index is -1.05. The number of benzene rings is 2. The number of halogens is 2. The minimum absolute atomic E-state index is 0.0478. The third-order valence-corrected chi connectivity index (χ3v) is 5.67. The average Bonchev–Trinajstić information content (AvgIpc) is 3.06. The lowest BCUT2D eigenvalue weighted by Gasteiger charge is -2.25. The molecule has 1 saturated heterocycles. The van der Waals surface area contributed by atoms with Crippen LogP contribution in [0.25, 0.3) is 5.76 Å². The molecule has 6 nitrogen and oxygen atoms in total. The van der Waals surface area contributed by atoms with Crippen LogP contribution in [0.4, 0.5) is 10.1 Å². The third kappa shape index (κ3) is 3.61. The second-order valence-electron chi connectivity index (χ2n) is 7.20. The van der Waals surface area contributed by atoms with Gasteiger partial charge in [-0.25, -0.2) is 4.39 Å². The Balaban J connectivity index is 1.98. The zero-order chi connectivity index (χ0) is 23.0. The first-order valence-electron chi connectivity index (χ1n) is 9.65. The van der Waals surface area contributed by atoms with E-state index in [-0.39, 0.29) is 16.9 Å². The van der Waals surface area contributed by atoms with Crippen molar-refractivity contribution in [2.24, 2.45) is 0 Å². The van der Waals surface area contributed by atoms with Crippen molar-refractivity contribution in [1.82, 2.24) is 4.98 Å². The van der Waals surface area contributed by atoms with E-state index in [0.29, 0.717) is 16.4 Å². The van der Waals surface area contributed by atoms with Crippen molar-refractivity contribution in [3.05, 3.63) is 94.0 Å². The fourth-order valence-corrected chi connectivity index (χ4v) is 3.83. The number of anilines is 1. The lowest BCUT2D eigenvalue weighted by atomic mass is 9.97. The fourth-order valence-electron chi connectivity index (χ4n) is 3.66. The Bertz CT molecular complexity index is 1260. The second kappa shape index (κ2) is 8.43. The number of aromatic nitrogens is 1. The number of aliphatic hydroxyl groups is 1. The van der Waals surface area contributed by atoms with Crippen molar-refractivity contribution in [1.29, 1.82) is 0 Å². The molecule has 0 saturated carbocycles. The summed E-state index contributed by atoms with van der Waals surface area (Å²) < 4.78 is 19.2. The Kier molecular flexibility index (Phi) is 5.67. The molecule has 8 heteroatoms. The number of aryl methyl sites for hydroxylation is 1. The number of carbonyl (C=O) groups is 2. The number of methoxy groups -OCH3 is 1. The van der Waals surface area contributed by atoms with E-state index in [9.17, 15) is 19.1 Å². The molecule has 4 rings (SSSR count). The molecule has 1 fully saturated rings. The quantitative estimate of drug-likeness (QED) is 0.349. The summed E-state index contributed by atoms with van der Waals surface area (Å²) in [6.07, 6.45) is 1.51. The van der Waals surface area contributed by atoms with E-state index >= 15 is 0 Å². The summed E-state index contributed by atoms with van der Waals surface area (Å²) in [7, 11) is 1.35. The van der Waals surface area contributed by atoms with Gasteiger partial charge < -0.3 is 9.84 Å². The normalized spacial score (nSPS) is 17.6. The molecule has 0 aliphatic carbocycles. The van der Waals surface area contributed by atoms with Crippen molar-refractivity contribution in [3.63, 3.8) is 0 Å². The zero-order valence-corrected chi connectivity index (χ0v) is 17.9. The van der Waals surface area contributed by atoms with E-state index in [4.69, 9.17) is 16.3 Å². The maximum Gasteiger partial charge on any atom is 0.300 e. The van der Waals surface area contributed by atoms with Crippen LogP contribution in [0, 0.1) is 12.7 Å². The number of pyridine rings is 1. The highest BCUT2D eigenvalue weighted by molar-refractivity contribution is 6.51. The van der Waals surface area contributed by atoms with E-state index in [1.165, 1.54) is 30.3 Å². The molecule has 2 heterocycles. The van der Waals surface area contributed by atoms with Gasteiger partial charge in [0, 0.05) is 16.9 Å². The molecule has 1 N–H and O–H groups in total. The number of carbonyl (C=O) groups excluding carboxylic acids is 2. The van der Waals surface area contributed by atoms with Gasteiger partial charge in [0.25, 0.3) is 11.7 Å². The van der Waals surface area contributed by atoms with Gasteiger partial charge in [-0.2, -0.15) is 0 Å². The molecule has 1 amide bonds. The molecule has 3 aromatic rings. The monoisotopic (exact) mass is 452 g/mol. The van der Waals surface area contributed by atoms with Crippen LogP contribution in [-0.2, 0) is 9.59 Å². The summed E-state index contributed by atoms with van der Waals surface area (Å²) in [4.78, 5) is 31.8. The molecule has 0 bridgehead atoms. The Morgan fingerprint density at radius 1 is 1.16 bits per heavy atom. The van der Waals surface area contributed by atoms with Crippen LogP contribution in [0.1, 0.15) is 22.9 Å². The van der Waals surface area contributed by atoms with Gasteiger partial charge in [0.15, 0.2) is 0 Å². The van der Waals surface area contributed by atoms with Gasteiger partial charge in [-0.1, -0.05) is 23.7 Å². The highest BCUT2D eigenvalue weighted by Gasteiger charge is 2.48. The average molecular weight is 453 g/mol. The SMILES string of the molecule is COc1ccc(F)cc1/C(O)=C1\C(=O)C(=O)N(c2ccc(C)c(Cl)c2)C1c1ccccn1. The second-order valence-corrected chi connectivity index (χ2v) is 7.61. The Hall–Kier alpha value is -3.71. The van der Waals surface area contributed by atoms with Crippen molar-refractivity contribution < 1.29 is 23.8 Å². The van der Waals surface area contributed by atoms with Crippen LogP contribution in [0.15, 0.2) is 66.4 Å². The van der Waals surface area contributed by atoms with E-state index in [1.54, 1.807) is 36.4 Å². The van der Waals surface area contributed by atoms with Gasteiger partial charge in [-0.05, 0) is 55.0 Å². The Morgan fingerprint density at radius 2 is 1.94 bits per heavy atom. The van der Waals surface area contributed by atoms with Crippen molar-refractivity contribution >= 4 is 34.7 Å². The van der Waals surface area contributed by atoms with Gasteiger partial charge in [0.2, 0.25) is 0 Å². The maximum absolute atomic E-state index is 14.0. The number of hydrogen-bond donors (Lipinski definition) is 1. The van der Waals surface area contributed by atoms with Gasteiger partial charge in [0.1, 0.15) is 23.4 Å². The molecule has 162 valence electrons. The molecule has 1 atom stereocenters. The summed E-state index contributed by atoms with van der Waals surface area (Å²) in [5.74, 6) is -2.84. The van der Waals surface area contributed by atoms with Crippen LogP contribution in [0.2, 0.25) is 5.02 Å². The zero-order valence-electron chi connectivity index (χ0n) is 17.2. The van der Waals surface area contributed by atoms with Crippen molar-refractivity contribution in [2.45, 2.75) is 13.0 Å². The van der Waals surface area contributed by atoms with Gasteiger partial charge in [-0.15, -0.1) is 0 Å². The van der Waals surface area contributed by atoms with Gasteiger partial charge >= 0.3 is 0 Å². The summed E-state index contributed by atoms with van der Waals surface area (Å²) in [6.45, 7) is 1.81. The van der Waals surface area contributed by atoms with Crippen molar-refractivity contribution in [3.8, 4) is 5.75 Å². The lowest BCUT2D eigenvalue weighted by molar-refractivity contribution is -0.132. The largest absolute Gasteiger partial charge is 0.507 e. The first-order valence-corrected chi connectivity index (χ1v) is 10.0. The summed E-state index contributed by atoms with van der Waals surface area (Å²) >= 11 is 6.26. The van der Waals surface area contributed by atoms with Crippen molar-refractivity contribution in [2.75, 3.05) is 12.0 Å². The molecule has 1 aliphatic heterocycles. The highest BCUT2D eigenvalue weighted by Crippen LogP contribution is 2.43. The number of aliphatic hydroxyl groups excluding tert-OH is 1. The van der Waals surface area contributed by atoms with E-state index in [1.807, 2.05) is 6.92 Å². The third-order valence-electron chi connectivity index (χ3n) is 5.26. The number of amides is 1. The molecule has 0 spiro atoms. The number of hydrogen-bond acceptors (Lipinski definition) is 5. The molecule has 1 aliphatic rings. The van der Waals surface area contributed by atoms with Crippen LogP contribution < -0.4 is 9.64 Å². The topological polar surface area (TPSA) is 79.7 Å². The standard InChI is InChI=1S/C24H18ClFN2O4/c1-13-6-8-15(12-17(13)25)28-21(18-5-3-4-10-27-18)20(23(30)24(28)31)22(29)16-11-14(26)7-9-19(16)32-2/h3-12,21,29H,1-2H3/b22-20+. The first kappa shape index (κ1) is 21.5. The smallest absolute Gasteiger partial charge is 0.300 e. The number of rotatable bonds is 4. The predicted octanol–water partition coefficient (Wildman–Crippen LogP) is 4.82. The molecule has 1 unspecified atom stereocenters. The van der Waals surface area contributed by atoms with E-state index in [0.717, 1.165) is 11.6 Å². The van der Waals surface area contributed by atoms with E-state index < -0.39 is 29.3 Å². The van der Waals surface area contributed by atoms with Crippen LogP contribution in [-0.4, -0.2) is 28.9 Å². The Labute approximate surface area is 188 Å². The molecule has 0 radical (unpaired) electrons. The summed E-state index contributed by atoms with van der Waals surface area (Å²) in [6, 6.07) is 12.5. The molecular formula is C24H18ClFN2O4. The predicted molar refractivity (Wildman–Crippen MR) is 118 cm³/mol. The molecule has 32 heavy (non-hydrogen) atoms. The van der Waals surface area contributed by atoms with E-state index in [2.05, 4.69) is 4.98 Å². The van der Waals surface area contributed by atoms with Crippen LogP contribution >= 0.6 is 11.6 Å². The van der Waals surface area contributed by atoms with Gasteiger partial charge in [-0.3, -0.25) is 19.5 Å².